The average Bonchev–Trinajstić information content (AvgIpc) is 3.25. The van der Waals surface area contributed by atoms with E-state index >= 15 is 0 Å². The Labute approximate surface area is 181 Å². The highest BCUT2D eigenvalue weighted by Crippen LogP contribution is 2.49. The van der Waals surface area contributed by atoms with Crippen LogP contribution in [-0.2, 0) is 19.3 Å². The molecule has 3 aliphatic heterocycles. The van der Waals surface area contributed by atoms with Crippen LogP contribution in [0.4, 0.5) is 0 Å². The van der Waals surface area contributed by atoms with Gasteiger partial charge in [0.1, 0.15) is 23.4 Å². The lowest BCUT2D eigenvalue weighted by molar-refractivity contribution is 0.102. The topological polar surface area (TPSA) is 90.9 Å². The maximum Gasteiger partial charge on any atom is 0.187 e. The Balaban J connectivity index is 1.82. The summed E-state index contributed by atoms with van der Waals surface area (Å²) in [6.45, 7) is 2.13. The first kappa shape index (κ1) is 19.9. The van der Waals surface area contributed by atoms with E-state index in [0.717, 1.165) is 35.1 Å². The lowest BCUT2D eigenvalue weighted by atomic mass is 9.75. The van der Waals surface area contributed by atoms with Crippen LogP contribution in [0.15, 0.2) is 58.2 Å². The monoisotopic (exact) mass is 441 g/mol. The van der Waals surface area contributed by atoms with Gasteiger partial charge in [-0.2, -0.15) is 0 Å². The Bertz CT molecular complexity index is 1230. The first-order chi connectivity index (χ1) is 14.9. The van der Waals surface area contributed by atoms with Gasteiger partial charge >= 0.3 is 0 Å². The van der Waals surface area contributed by atoms with Crippen molar-refractivity contribution in [1.29, 1.82) is 0 Å². The summed E-state index contributed by atoms with van der Waals surface area (Å²) in [5, 5.41) is 3.14. The Morgan fingerprint density at radius 2 is 1.87 bits per heavy atom. The SMILES string of the molecule is CO/C1=C/N/C=C(/c2ccc(OC)c3c2S(=O)(=O)CC3=O)C2=C3C1=COC3CCC2C. The van der Waals surface area contributed by atoms with Gasteiger partial charge in [-0.15, -0.1) is 0 Å². The number of allylic oxidation sites excluding steroid dienone is 3. The zero-order valence-corrected chi connectivity index (χ0v) is 18.3. The second kappa shape index (κ2) is 7.02. The van der Waals surface area contributed by atoms with E-state index < -0.39 is 21.4 Å². The summed E-state index contributed by atoms with van der Waals surface area (Å²) < 4.78 is 42.9. The molecule has 0 spiro atoms. The number of hydrogen-bond acceptors (Lipinski definition) is 7. The molecule has 2 atom stereocenters. The van der Waals surface area contributed by atoms with Crippen molar-refractivity contribution in [2.24, 2.45) is 5.92 Å². The number of Topliss-reactive ketones (excluding diaryl/α,β-unsaturated/α-hetero) is 1. The van der Waals surface area contributed by atoms with Gasteiger partial charge < -0.3 is 19.5 Å². The predicted molar refractivity (Wildman–Crippen MR) is 114 cm³/mol. The van der Waals surface area contributed by atoms with Crippen LogP contribution in [0.2, 0.25) is 0 Å². The van der Waals surface area contributed by atoms with Crippen molar-refractivity contribution in [3.63, 3.8) is 0 Å². The predicted octanol–water partition coefficient (Wildman–Crippen LogP) is 3.11. The summed E-state index contributed by atoms with van der Waals surface area (Å²) in [4.78, 5) is 12.6. The zero-order chi connectivity index (χ0) is 21.9. The number of sulfone groups is 1. The largest absolute Gasteiger partial charge is 0.496 e. The Morgan fingerprint density at radius 3 is 2.61 bits per heavy atom. The molecule has 3 heterocycles. The molecule has 31 heavy (non-hydrogen) atoms. The molecule has 162 valence electrons. The number of rotatable bonds is 3. The molecule has 2 unspecified atom stereocenters. The number of fused-ring (bicyclic) bond motifs is 1. The van der Waals surface area contributed by atoms with Crippen molar-refractivity contribution in [3.05, 3.63) is 64.4 Å². The molecule has 0 fully saturated rings. The molecule has 0 amide bonds. The molecule has 1 N–H and O–H groups in total. The molecule has 0 aromatic heterocycles. The molecule has 1 aromatic carbocycles. The average molecular weight is 442 g/mol. The van der Waals surface area contributed by atoms with E-state index in [0.29, 0.717) is 11.3 Å². The quantitative estimate of drug-likeness (QED) is 0.771. The van der Waals surface area contributed by atoms with Gasteiger partial charge in [0.15, 0.2) is 15.6 Å². The van der Waals surface area contributed by atoms with Gasteiger partial charge in [-0.1, -0.05) is 6.92 Å². The van der Waals surface area contributed by atoms with Crippen molar-refractivity contribution >= 4 is 21.2 Å². The molecule has 0 saturated carbocycles. The molecule has 0 bridgehead atoms. The molecule has 5 rings (SSSR count). The van der Waals surface area contributed by atoms with E-state index in [1.165, 1.54) is 7.11 Å². The molecule has 1 aliphatic carbocycles. The van der Waals surface area contributed by atoms with E-state index in [-0.39, 0.29) is 28.2 Å². The summed E-state index contributed by atoms with van der Waals surface area (Å²) in [6, 6.07) is 3.40. The highest BCUT2D eigenvalue weighted by Gasteiger charge is 2.42. The summed E-state index contributed by atoms with van der Waals surface area (Å²) in [7, 11) is -0.734. The number of methoxy groups -OCH3 is 2. The molecular weight excluding hydrogens is 418 g/mol. The van der Waals surface area contributed by atoms with Crippen LogP contribution >= 0.6 is 0 Å². The Morgan fingerprint density at radius 1 is 1.06 bits per heavy atom. The molecule has 8 heteroatoms. The summed E-state index contributed by atoms with van der Waals surface area (Å²) in [5.41, 5.74) is 4.27. The maximum absolute atomic E-state index is 13.0. The molecular formula is C23H23NO6S. The fourth-order valence-electron chi connectivity index (χ4n) is 5.00. The minimum atomic E-state index is -3.78. The number of carbonyl (C=O) groups is 1. The molecule has 0 radical (unpaired) electrons. The normalized spacial score (nSPS) is 29.1. The van der Waals surface area contributed by atoms with E-state index in [1.807, 2.05) is 0 Å². The number of carbonyl (C=O) groups excluding carboxylic acids is 1. The third-order valence-corrected chi connectivity index (χ3v) is 8.05. The number of ether oxygens (including phenoxy) is 3. The smallest absolute Gasteiger partial charge is 0.187 e. The first-order valence-electron chi connectivity index (χ1n) is 10.2. The fourth-order valence-corrected chi connectivity index (χ4v) is 6.67. The van der Waals surface area contributed by atoms with Crippen LogP contribution in [0.25, 0.3) is 5.57 Å². The van der Waals surface area contributed by atoms with Crippen molar-refractivity contribution in [3.8, 4) is 5.75 Å². The Hall–Kier alpha value is -3.00. The number of hydrogen-bond donors (Lipinski definition) is 1. The first-order valence-corrected chi connectivity index (χ1v) is 11.8. The number of ketones is 1. The van der Waals surface area contributed by atoms with Gasteiger partial charge in [-0.05, 0) is 36.5 Å². The van der Waals surface area contributed by atoms with E-state index in [2.05, 4.69) is 12.2 Å². The Kier molecular flexibility index (Phi) is 4.51. The standard InChI is InChI=1S/C23H23NO6S/c1-12-4-6-18-21-15(10-30-18)19(29-3)9-24-8-14(20(12)21)13-5-7-17(28-2)22-16(25)11-31(26,27)23(13)22/h5,7-10,12,18,24H,4,6,11H2,1-3H3/b14-8-,19-9+. The van der Waals surface area contributed by atoms with Gasteiger partial charge in [0.05, 0.1) is 36.5 Å². The highest BCUT2D eigenvalue weighted by atomic mass is 32.2. The van der Waals surface area contributed by atoms with Gasteiger partial charge in [-0.25, -0.2) is 8.42 Å². The summed E-state index contributed by atoms with van der Waals surface area (Å²) in [5.74, 6) is 0.123. The van der Waals surface area contributed by atoms with Crippen molar-refractivity contribution in [2.75, 3.05) is 20.0 Å². The number of benzene rings is 1. The minimum absolute atomic E-state index is 0.0493. The van der Waals surface area contributed by atoms with E-state index in [9.17, 15) is 13.2 Å². The van der Waals surface area contributed by atoms with Gasteiger partial charge in [0.25, 0.3) is 0 Å². The van der Waals surface area contributed by atoms with Crippen LogP contribution in [-0.4, -0.2) is 40.3 Å². The van der Waals surface area contributed by atoms with Crippen LogP contribution < -0.4 is 10.1 Å². The van der Waals surface area contributed by atoms with Crippen molar-refractivity contribution < 1.29 is 27.4 Å². The van der Waals surface area contributed by atoms with Gasteiger partial charge in [-0.3, -0.25) is 4.79 Å². The van der Waals surface area contributed by atoms with E-state index in [4.69, 9.17) is 14.2 Å². The molecule has 1 aromatic rings. The van der Waals surface area contributed by atoms with Crippen LogP contribution in [0.3, 0.4) is 0 Å². The lowest BCUT2D eigenvalue weighted by Gasteiger charge is -2.32. The van der Waals surface area contributed by atoms with Gasteiger partial charge in [0.2, 0.25) is 0 Å². The second-order valence-electron chi connectivity index (χ2n) is 8.10. The second-order valence-corrected chi connectivity index (χ2v) is 10.0. The number of nitrogens with one attached hydrogen (secondary N) is 1. The highest BCUT2D eigenvalue weighted by molar-refractivity contribution is 7.92. The van der Waals surface area contributed by atoms with Gasteiger partial charge in [0, 0.05) is 29.1 Å². The molecule has 4 aliphatic rings. The molecule has 0 saturated heterocycles. The van der Waals surface area contributed by atoms with Crippen molar-refractivity contribution in [2.45, 2.75) is 30.8 Å². The molecule has 7 nitrogen and oxygen atoms in total. The van der Waals surface area contributed by atoms with Crippen LogP contribution in [0.1, 0.15) is 35.7 Å². The summed E-state index contributed by atoms with van der Waals surface area (Å²) in [6.07, 6.45) is 6.90. The lowest BCUT2D eigenvalue weighted by Crippen LogP contribution is -2.24. The minimum Gasteiger partial charge on any atom is -0.496 e. The van der Waals surface area contributed by atoms with Crippen LogP contribution in [0.5, 0.6) is 5.75 Å². The fraction of sp³-hybridized carbons (Fsp3) is 0.348. The maximum atomic E-state index is 13.0. The zero-order valence-electron chi connectivity index (χ0n) is 17.5. The third kappa shape index (κ3) is 2.85. The van der Waals surface area contributed by atoms with Crippen molar-refractivity contribution in [1.82, 2.24) is 5.32 Å². The third-order valence-electron chi connectivity index (χ3n) is 6.37. The summed E-state index contributed by atoms with van der Waals surface area (Å²) >= 11 is 0. The van der Waals surface area contributed by atoms with E-state index in [1.54, 1.807) is 37.9 Å². The van der Waals surface area contributed by atoms with Crippen LogP contribution in [0, 0.1) is 5.92 Å².